The third kappa shape index (κ3) is 2.40. The van der Waals surface area contributed by atoms with Crippen molar-refractivity contribution in [2.24, 2.45) is 0 Å². The SMILES string of the molecule is CC(C)S(=O)(=O)n1cc(C(C)(C)C)cn1. The lowest BCUT2D eigenvalue weighted by atomic mass is 9.90. The van der Waals surface area contributed by atoms with Gasteiger partial charge < -0.3 is 0 Å². The summed E-state index contributed by atoms with van der Waals surface area (Å²) in [7, 11) is -3.31. The summed E-state index contributed by atoms with van der Waals surface area (Å²) in [6.45, 7) is 9.37. The molecule has 0 N–H and O–H groups in total. The van der Waals surface area contributed by atoms with E-state index in [0.29, 0.717) is 0 Å². The zero-order valence-corrected chi connectivity index (χ0v) is 10.7. The topological polar surface area (TPSA) is 52.0 Å². The molecule has 0 atom stereocenters. The number of rotatable bonds is 2. The second-order valence-corrected chi connectivity index (χ2v) is 7.29. The maximum Gasteiger partial charge on any atom is 0.256 e. The zero-order chi connectivity index (χ0) is 11.9. The normalized spacial score (nSPS) is 13.5. The standard InChI is InChI=1S/C10H18N2O2S/c1-8(2)15(13,14)12-7-9(6-11-12)10(3,4)5/h6-8H,1-5H3. The van der Waals surface area contributed by atoms with Gasteiger partial charge in [0.15, 0.2) is 0 Å². The van der Waals surface area contributed by atoms with Gasteiger partial charge in [-0.3, -0.25) is 0 Å². The van der Waals surface area contributed by atoms with Crippen molar-refractivity contribution in [2.45, 2.75) is 45.3 Å². The van der Waals surface area contributed by atoms with Crippen molar-refractivity contribution in [3.63, 3.8) is 0 Å². The van der Waals surface area contributed by atoms with Crippen molar-refractivity contribution in [1.82, 2.24) is 9.19 Å². The van der Waals surface area contributed by atoms with E-state index in [4.69, 9.17) is 0 Å². The first kappa shape index (κ1) is 12.2. The van der Waals surface area contributed by atoms with Crippen LogP contribution >= 0.6 is 0 Å². The molecule has 0 amide bonds. The van der Waals surface area contributed by atoms with E-state index >= 15 is 0 Å². The zero-order valence-electron chi connectivity index (χ0n) is 9.85. The van der Waals surface area contributed by atoms with Gasteiger partial charge in [-0.15, -0.1) is 0 Å². The maximum atomic E-state index is 11.8. The first-order chi connectivity index (χ1) is 6.65. The number of hydrogen-bond donors (Lipinski definition) is 0. The van der Waals surface area contributed by atoms with Crippen LogP contribution < -0.4 is 0 Å². The molecular formula is C10H18N2O2S. The van der Waals surface area contributed by atoms with Gasteiger partial charge in [-0.25, -0.2) is 8.42 Å². The smallest absolute Gasteiger partial charge is 0.204 e. The van der Waals surface area contributed by atoms with Gasteiger partial charge in [0.1, 0.15) is 0 Å². The predicted molar refractivity (Wildman–Crippen MR) is 60.4 cm³/mol. The summed E-state index contributed by atoms with van der Waals surface area (Å²) >= 11 is 0. The van der Waals surface area contributed by atoms with Gasteiger partial charge in [0.05, 0.1) is 11.4 Å². The summed E-state index contributed by atoms with van der Waals surface area (Å²) in [5, 5.41) is 3.45. The van der Waals surface area contributed by atoms with E-state index in [1.54, 1.807) is 26.2 Å². The van der Waals surface area contributed by atoms with E-state index in [0.717, 1.165) is 9.65 Å². The molecule has 0 aliphatic carbocycles. The Kier molecular flexibility index (Phi) is 2.96. The molecule has 0 spiro atoms. The quantitative estimate of drug-likeness (QED) is 0.778. The van der Waals surface area contributed by atoms with Crippen LogP contribution in [0.5, 0.6) is 0 Å². The third-order valence-corrected chi connectivity index (χ3v) is 4.20. The lowest BCUT2D eigenvalue weighted by molar-refractivity contribution is 0.569. The van der Waals surface area contributed by atoms with Crippen molar-refractivity contribution in [3.8, 4) is 0 Å². The van der Waals surface area contributed by atoms with Gasteiger partial charge in [-0.05, 0) is 24.8 Å². The molecule has 5 heteroatoms. The number of aromatic nitrogens is 2. The van der Waals surface area contributed by atoms with Crippen LogP contribution in [0.15, 0.2) is 12.4 Å². The van der Waals surface area contributed by atoms with Gasteiger partial charge in [0.25, 0.3) is 10.0 Å². The molecule has 15 heavy (non-hydrogen) atoms. The van der Waals surface area contributed by atoms with Crippen molar-refractivity contribution in [1.29, 1.82) is 0 Å². The van der Waals surface area contributed by atoms with Crippen molar-refractivity contribution in [2.75, 3.05) is 0 Å². The Bertz CT molecular complexity index is 438. The van der Waals surface area contributed by atoms with Gasteiger partial charge in [-0.1, -0.05) is 20.8 Å². The minimum atomic E-state index is -3.31. The molecule has 4 nitrogen and oxygen atoms in total. The highest BCUT2D eigenvalue weighted by Gasteiger charge is 2.22. The van der Waals surface area contributed by atoms with E-state index in [1.807, 2.05) is 20.8 Å². The van der Waals surface area contributed by atoms with Crippen LogP contribution in [0.1, 0.15) is 40.2 Å². The molecule has 0 radical (unpaired) electrons. The van der Waals surface area contributed by atoms with E-state index < -0.39 is 15.3 Å². The molecule has 1 heterocycles. The molecule has 0 aromatic carbocycles. The van der Waals surface area contributed by atoms with Gasteiger partial charge >= 0.3 is 0 Å². The Labute approximate surface area is 91.4 Å². The predicted octanol–water partition coefficient (Wildman–Crippen LogP) is 1.77. The average Bonchev–Trinajstić information content (AvgIpc) is 2.50. The summed E-state index contributed by atoms with van der Waals surface area (Å²) in [6, 6.07) is 0. The first-order valence-corrected chi connectivity index (χ1v) is 6.45. The number of hydrogen-bond acceptors (Lipinski definition) is 3. The fourth-order valence-electron chi connectivity index (χ4n) is 1.05. The minimum Gasteiger partial charge on any atom is -0.204 e. The second kappa shape index (κ2) is 3.63. The van der Waals surface area contributed by atoms with Crippen LogP contribution in [0.25, 0.3) is 0 Å². The fourth-order valence-corrected chi connectivity index (χ4v) is 1.92. The van der Waals surface area contributed by atoms with Crippen molar-refractivity contribution in [3.05, 3.63) is 18.0 Å². The third-order valence-electron chi connectivity index (χ3n) is 2.28. The molecule has 1 aromatic rings. The largest absolute Gasteiger partial charge is 0.256 e. The summed E-state index contributed by atoms with van der Waals surface area (Å²) < 4.78 is 24.6. The Morgan fingerprint density at radius 2 is 1.87 bits per heavy atom. The maximum absolute atomic E-state index is 11.8. The Balaban J connectivity index is 3.16. The monoisotopic (exact) mass is 230 g/mol. The highest BCUT2D eigenvalue weighted by molar-refractivity contribution is 7.90. The van der Waals surface area contributed by atoms with Gasteiger partial charge in [0.2, 0.25) is 0 Å². The molecule has 0 aliphatic rings. The number of nitrogens with zero attached hydrogens (tertiary/aromatic N) is 2. The van der Waals surface area contributed by atoms with Crippen LogP contribution in [-0.4, -0.2) is 22.9 Å². The molecule has 1 rings (SSSR count). The van der Waals surface area contributed by atoms with Gasteiger partial charge in [0, 0.05) is 6.20 Å². The Morgan fingerprint density at radius 3 is 2.20 bits per heavy atom. The molecule has 1 aromatic heterocycles. The minimum absolute atomic E-state index is 0.0786. The summed E-state index contributed by atoms with van der Waals surface area (Å²) in [4.78, 5) is 0. The molecule has 0 fully saturated rings. The Hall–Kier alpha value is -0.840. The molecular weight excluding hydrogens is 212 g/mol. The van der Waals surface area contributed by atoms with Crippen LogP contribution in [-0.2, 0) is 15.4 Å². The molecule has 0 saturated carbocycles. The van der Waals surface area contributed by atoms with Crippen LogP contribution in [0.2, 0.25) is 0 Å². The molecule has 86 valence electrons. The molecule has 0 bridgehead atoms. The van der Waals surface area contributed by atoms with E-state index in [2.05, 4.69) is 5.10 Å². The van der Waals surface area contributed by atoms with Crippen LogP contribution in [0.4, 0.5) is 0 Å². The summed E-state index contributed by atoms with van der Waals surface area (Å²) in [6.07, 6.45) is 3.20. The van der Waals surface area contributed by atoms with E-state index in [-0.39, 0.29) is 5.41 Å². The van der Waals surface area contributed by atoms with Crippen molar-refractivity contribution >= 4 is 10.0 Å². The average molecular weight is 230 g/mol. The molecule has 0 aliphatic heterocycles. The molecule has 0 saturated heterocycles. The fraction of sp³-hybridized carbons (Fsp3) is 0.700. The van der Waals surface area contributed by atoms with E-state index in [1.165, 1.54) is 0 Å². The highest BCUT2D eigenvalue weighted by atomic mass is 32.2. The lowest BCUT2D eigenvalue weighted by Crippen LogP contribution is -2.23. The van der Waals surface area contributed by atoms with Gasteiger partial charge in [-0.2, -0.15) is 9.19 Å². The second-order valence-electron chi connectivity index (χ2n) is 4.95. The van der Waals surface area contributed by atoms with Crippen LogP contribution in [0.3, 0.4) is 0 Å². The molecule has 0 unspecified atom stereocenters. The van der Waals surface area contributed by atoms with E-state index in [9.17, 15) is 8.42 Å². The highest BCUT2D eigenvalue weighted by Crippen LogP contribution is 2.21. The summed E-state index contributed by atoms with van der Waals surface area (Å²) in [5.41, 5.74) is 0.844. The van der Waals surface area contributed by atoms with Crippen LogP contribution in [0, 0.1) is 0 Å². The summed E-state index contributed by atoms with van der Waals surface area (Å²) in [5.74, 6) is 0. The lowest BCUT2D eigenvalue weighted by Gasteiger charge is -2.15. The first-order valence-electron chi connectivity index (χ1n) is 4.95. The van der Waals surface area contributed by atoms with Crippen molar-refractivity contribution < 1.29 is 8.42 Å². The Morgan fingerprint density at radius 1 is 1.33 bits per heavy atom.